The molecule has 1 N–H and O–H groups in total. The third-order valence-corrected chi connectivity index (χ3v) is 3.06. The van der Waals surface area contributed by atoms with Crippen molar-refractivity contribution in [1.29, 1.82) is 0 Å². The van der Waals surface area contributed by atoms with Gasteiger partial charge >= 0.3 is 0 Å². The van der Waals surface area contributed by atoms with E-state index in [1.165, 1.54) is 0 Å². The molecule has 0 aliphatic carbocycles. The molecule has 1 aromatic rings. The Morgan fingerprint density at radius 2 is 2.31 bits per heavy atom. The van der Waals surface area contributed by atoms with Crippen molar-refractivity contribution in [3.8, 4) is 0 Å². The molecular formula is C10H15NOS. The molecule has 0 aliphatic heterocycles. The van der Waals surface area contributed by atoms with Crippen LogP contribution in [-0.4, -0.2) is 10.1 Å². The molecule has 0 spiro atoms. The summed E-state index contributed by atoms with van der Waals surface area (Å²) >= 11 is 1.58. The maximum absolute atomic E-state index is 9.77. The molecule has 0 fully saturated rings. The van der Waals surface area contributed by atoms with Gasteiger partial charge in [-0.25, -0.2) is 4.98 Å². The number of aliphatic hydroxyl groups is 1. The first-order valence-electron chi connectivity index (χ1n) is 4.38. The van der Waals surface area contributed by atoms with E-state index < -0.39 is 0 Å². The Balaban J connectivity index is 2.69. The van der Waals surface area contributed by atoms with E-state index in [1.54, 1.807) is 11.3 Å². The van der Waals surface area contributed by atoms with E-state index in [1.807, 2.05) is 19.9 Å². The molecule has 0 saturated heterocycles. The zero-order valence-corrected chi connectivity index (χ0v) is 8.90. The summed E-state index contributed by atoms with van der Waals surface area (Å²) in [5.41, 5.74) is 0.957. The van der Waals surface area contributed by atoms with Crippen LogP contribution >= 0.6 is 11.3 Å². The van der Waals surface area contributed by atoms with Crippen LogP contribution in [0.1, 0.15) is 34.5 Å². The van der Waals surface area contributed by atoms with Crippen LogP contribution in [0.3, 0.4) is 0 Å². The minimum absolute atomic E-state index is 0.371. The van der Waals surface area contributed by atoms with Gasteiger partial charge in [0.2, 0.25) is 0 Å². The van der Waals surface area contributed by atoms with E-state index in [-0.39, 0.29) is 6.10 Å². The third-order valence-electron chi connectivity index (χ3n) is 1.89. The van der Waals surface area contributed by atoms with Crippen LogP contribution in [0.25, 0.3) is 0 Å². The summed E-state index contributed by atoms with van der Waals surface area (Å²) in [4.78, 5) is 5.27. The molecule has 1 heterocycles. The van der Waals surface area contributed by atoms with Gasteiger partial charge in [0.25, 0.3) is 0 Å². The highest BCUT2D eigenvalue weighted by Crippen LogP contribution is 2.27. The molecule has 0 radical (unpaired) electrons. The van der Waals surface area contributed by atoms with Gasteiger partial charge in [-0.2, -0.15) is 0 Å². The molecule has 13 heavy (non-hydrogen) atoms. The summed E-state index contributed by atoms with van der Waals surface area (Å²) < 4.78 is 0. The lowest BCUT2D eigenvalue weighted by atomic mass is 10.1. The van der Waals surface area contributed by atoms with E-state index in [2.05, 4.69) is 11.6 Å². The molecule has 1 unspecified atom stereocenters. The van der Waals surface area contributed by atoms with E-state index >= 15 is 0 Å². The molecule has 0 aliphatic rings. The highest BCUT2D eigenvalue weighted by molar-refractivity contribution is 7.11. The zero-order chi connectivity index (χ0) is 9.84. The van der Waals surface area contributed by atoms with Crippen molar-refractivity contribution in [2.24, 2.45) is 0 Å². The predicted octanol–water partition coefficient (Wildman–Crippen LogP) is 2.76. The molecule has 0 bridgehead atoms. The van der Waals surface area contributed by atoms with Crippen LogP contribution < -0.4 is 0 Å². The number of allylic oxidation sites excluding steroid dienone is 1. The molecule has 72 valence electrons. The average molecular weight is 197 g/mol. The molecule has 1 aromatic heterocycles. The van der Waals surface area contributed by atoms with Crippen molar-refractivity contribution in [3.05, 3.63) is 28.2 Å². The first-order chi connectivity index (χ1) is 6.15. The number of aromatic nitrogens is 1. The van der Waals surface area contributed by atoms with E-state index in [0.717, 1.165) is 28.4 Å². The number of hydrogen-bond donors (Lipinski definition) is 1. The Bertz CT molecular complexity index is 293. The summed E-state index contributed by atoms with van der Waals surface area (Å²) in [5.74, 6) is 0. The first-order valence-corrected chi connectivity index (χ1v) is 5.19. The number of aliphatic hydroxyl groups excluding tert-OH is 1. The third kappa shape index (κ3) is 2.64. The predicted molar refractivity (Wildman–Crippen MR) is 56.0 cm³/mol. The van der Waals surface area contributed by atoms with Gasteiger partial charge in [-0.05, 0) is 26.7 Å². The topological polar surface area (TPSA) is 33.1 Å². The van der Waals surface area contributed by atoms with E-state index in [0.29, 0.717) is 0 Å². The van der Waals surface area contributed by atoms with Gasteiger partial charge in [0.15, 0.2) is 0 Å². The van der Waals surface area contributed by atoms with Crippen LogP contribution in [0.2, 0.25) is 0 Å². The van der Waals surface area contributed by atoms with Gasteiger partial charge in [0, 0.05) is 0 Å². The standard InChI is InChI=1S/C10H15NOS/c1-4-5-6-9(12)10-7(2)11-8(3)13-10/h4,9,12H,1,5-6H2,2-3H3. The van der Waals surface area contributed by atoms with Crippen molar-refractivity contribution in [1.82, 2.24) is 4.98 Å². The maximum atomic E-state index is 9.77. The Hall–Kier alpha value is -0.670. The molecule has 0 amide bonds. The molecular weight excluding hydrogens is 182 g/mol. The van der Waals surface area contributed by atoms with Gasteiger partial charge in [0.1, 0.15) is 0 Å². The highest BCUT2D eigenvalue weighted by Gasteiger charge is 2.13. The molecule has 1 atom stereocenters. The lowest BCUT2D eigenvalue weighted by molar-refractivity contribution is 0.171. The SMILES string of the molecule is C=CCCC(O)c1sc(C)nc1C. The lowest BCUT2D eigenvalue weighted by Gasteiger charge is -2.06. The number of nitrogens with zero attached hydrogens (tertiary/aromatic N) is 1. The minimum Gasteiger partial charge on any atom is -0.387 e. The number of rotatable bonds is 4. The smallest absolute Gasteiger partial charge is 0.0903 e. The fourth-order valence-corrected chi connectivity index (χ4v) is 2.21. The van der Waals surface area contributed by atoms with Gasteiger partial charge in [-0.3, -0.25) is 0 Å². The Morgan fingerprint density at radius 3 is 2.77 bits per heavy atom. The highest BCUT2D eigenvalue weighted by atomic mass is 32.1. The fourth-order valence-electron chi connectivity index (χ4n) is 1.26. The molecule has 2 nitrogen and oxygen atoms in total. The van der Waals surface area contributed by atoms with Gasteiger partial charge in [-0.1, -0.05) is 6.08 Å². The minimum atomic E-state index is -0.371. The first kappa shape index (κ1) is 10.4. The molecule has 0 aromatic carbocycles. The Kier molecular flexibility index (Phi) is 3.63. The lowest BCUT2D eigenvalue weighted by Crippen LogP contribution is -1.95. The second-order valence-corrected chi connectivity index (χ2v) is 4.30. The van der Waals surface area contributed by atoms with Crippen molar-refractivity contribution in [2.45, 2.75) is 32.8 Å². The summed E-state index contributed by atoms with van der Waals surface area (Å²) in [6.45, 7) is 7.53. The number of hydrogen-bond acceptors (Lipinski definition) is 3. The van der Waals surface area contributed by atoms with Gasteiger partial charge < -0.3 is 5.11 Å². The summed E-state index contributed by atoms with van der Waals surface area (Å²) in [6, 6.07) is 0. The summed E-state index contributed by atoms with van der Waals surface area (Å²) in [6.07, 6.45) is 3.04. The Morgan fingerprint density at radius 1 is 1.62 bits per heavy atom. The van der Waals surface area contributed by atoms with Crippen LogP contribution in [0.4, 0.5) is 0 Å². The fraction of sp³-hybridized carbons (Fsp3) is 0.500. The van der Waals surface area contributed by atoms with E-state index in [9.17, 15) is 5.11 Å². The van der Waals surface area contributed by atoms with Crippen LogP contribution in [0.15, 0.2) is 12.7 Å². The van der Waals surface area contributed by atoms with Crippen molar-refractivity contribution >= 4 is 11.3 Å². The van der Waals surface area contributed by atoms with Crippen LogP contribution in [0.5, 0.6) is 0 Å². The summed E-state index contributed by atoms with van der Waals surface area (Å²) in [5, 5.41) is 10.8. The second-order valence-electron chi connectivity index (χ2n) is 3.06. The van der Waals surface area contributed by atoms with Crippen molar-refractivity contribution in [3.63, 3.8) is 0 Å². The Labute approximate surface area is 83.0 Å². The van der Waals surface area contributed by atoms with E-state index in [4.69, 9.17) is 0 Å². The maximum Gasteiger partial charge on any atom is 0.0903 e. The molecule has 0 saturated carbocycles. The zero-order valence-electron chi connectivity index (χ0n) is 8.08. The summed E-state index contributed by atoms with van der Waals surface area (Å²) in [7, 11) is 0. The average Bonchev–Trinajstić information content (AvgIpc) is 2.41. The van der Waals surface area contributed by atoms with Gasteiger partial charge in [0.05, 0.1) is 21.7 Å². The monoisotopic (exact) mass is 197 g/mol. The van der Waals surface area contributed by atoms with Gasteiger partial charge in [-0.15, -0.1) is 17.9 Å². The largest absolute Gasteiger partial charge is 0.387 e. The molecule has 1 rings (SSSR count). The molecule has 3 heteroatoms. The van der Waals surface area contributed by atoms with Crippen LogP contribution in [-0.2, 0) is 0 Å². The van der Waals surface area contributed by atoms with Crippen molar-refractivity contribution in [2.75, 3.05) is 0 Å². The second kappa shape index (κ2) is 4.53. The number of aryl methyl sites for hydroxylation is 2. The van der Waals surface area contributed by atoms with Crippen LogP contribution in [0, 0.1) is 13.8 Å². The number of thiazole rings is 1. The normalized spacial score (nSPS) is 12.8. The van der Waals surface area contributed by atoms with Crippen molar-refractivity contribution < 1.29 is 5.11 Å². The quantitative estimate of drug-likeness (QED) is 0.753.